The van der Waals surface area contributed by atoms with E-state index in [0.29, 0.717) is 24.7 Å². The number of thiazole rings is 1. The second kappa shape index (κ2) is 9.50. The molecule has 1 N–H and O–H groups in total. The standard InChI is InChI=1S/C19H23N3O5S/c1-2-26-13-7-8-14-15(10-13)28-19(20-14)21-16(23)12-27-18(25)11-22-9-5-3-4-6-17(22)24/h7-8,10H,2-6,9,11-12H2,1H3,(H,20,21,23). The highest BCUT2D eigenvalue weighted by Gasteiger charge is 2.20. The monoisotopic (exact) mass is 405 g/mol. The number of aromatic nitrogens is 1. The van der Waals surface area contributed by atoms with Gasteiger partial charge in [0.2, 0.25) is 5.91 Å². The first-order chi connectivity index (χ1) is 13.5. The quantitative estimate of drug-likeness (QED) is 0.711. The number of nitrogens with one attached hydrogen (secondary N) is 1. The summed E-state index contributed by atoms with van der Waals surface area (Å²) in [5.74, 6) is -0.357. The number of esters is 1. The Morgan fingerprint density at radius 1 is 1.29 bits per heavy atom. The molecule has 8 nitrogen and oxygen atoms in total. The van der Waals surface area contributed by atoms with Crippen LogP contribution in [0.5, 0.6) is 5.75 Å². The largest absolute Gasteiger partial charge is 0.494 e. The zero-order chi connectivity index (χ0) is 19.9. The van der Waals surface area contributed by atoms with Crippen molar-refractivity contribution in [3.8, 4) is 5.75 Å². The van der Waals surface area contributed by atoms with Gasteiger partial charge in [0, 0.05) is 13.0 Å². The van der Waals surface area contributed by atoms with E-state index < -0.39 is 18.5 Å². The molecule has 9 heteroatoms. The first-order valence-corrected chi connectivity index (χ1v) is 10.1. The van der Waals surface area contributed by atoms with Crippen molar-refractivity contribution in [1.82, 2.24) is 9.88 Å². The van der Waals surface area contributed by atoms with Gasteiger partial charge in [0.1, 0.15) is 12.3 Å². The molecule has 150 valence electrons. The van der Waals surface area contributed by atoms with E-state index in [1.54, 1.807) is 0 Å². The molecule has 28 heavy (non-hydrogen) atoms. The zero-order valence-electron chi connectivity index (χ0n) is 15.7. The Morgan fingerprint density at radius 3 is 2.96 bits per heavy atom. The highest BCUT2D eigenvalue weighted by Crippen LogP contribution is 2.29. The molecule has 1 aromatic carbocycles. The van der Waals surface area contributed by atoms with E-state index in [1.165, 1.54) is 16.2 Å². The fraction of sp³-hybridized carbons (Fsp3) is 0.474. The van der Waals surface area contributed by atoms with Gasteiger partial charge in [0.25, 0.3) is 5.91 Å². The molecule has 1 aromatic heterocycles. The van der Waals surface area contributed by atoms with E-state index in [-0.39, 0.29) is 12.5 Å². The van der Waals surface area contributed by atoms with Crippen molar-refractivity contribution in [2.75, 3.05) is 31.6 Å². The van der Waals surface area contributed by atoms with Crippen LogP contribution in [-0.2, 0) is 19.1 Å². The van der Waals surface area contributed by atoms with E-state index >= 15 is 0 Å². The van der Waals surface area contributed by atoms with Crippen molar-refractivity contribution < 1.29 is 23.9 Å². The number of hydrogen-bond acceptors (Lipinski definition) is 7. The minimum atomic E-state index is -0.587. The molecule has 0 spiro atoms. The van der Waals surface area contributed by atoms with Gasteiger partial charge < -0.3 is 14.4 Å². The lowest BCUT2D eigenvalue weighted by Crippen LogP contribution is -2.36. The van der Waals surface area contributed by atoms with Gasteiger partial charge in [0.05, 0.1) is 16.8 Å². The van der Waals surface area contributed by atoms with Crippen LogP contribution in [0, 0.1) is 0 Å². The summed E-state index contributed by atoms with van der Waals surface area (Å²) in [5.41, 5.74) is 0.750. The Morgan fingerprint density at radius 2 is 2.14 bits per heavy atom. The summed E-state index contributed by atoms with van der Waals surface area (Å²) in [6.07, 6.45) is 3.16. The van der Waals surface area contributed by atoms with Crippen molar-refractivity contribution in [3.05, 3.63) is 18.2 Å². The Bertz CT molecular complexity index is 866. The fourth-order valence-corrected chi connectivity index (χ4v) is 3.83. The predicted molar refractivity (Wildman–Crippen MR) is 105 cm³/mol. The SMILES string of the molecule is CCOc1ccc2nc(NC(=O)COC(=O)CN3CCCCCC3=O)sc2c1. The maximum absolute atomic E-state index is 12.0. The molecule has 1 fully saturated rings. The summed E-state index contributed by atoms with van der Waals surface area (Å²) in [7, 11) is 0. The predicted octanol–water partition coefficient (Wildman–Crippen LogP) is 2.58. The molecule has 2 heterocycles. The molecule has 0 saturated carbocycles. The molecule has 1 aliphatic rings. The molecule has 0 atom stereocenters. The van der Waals surface area contributed by atoms with Crippen molar-refractivity contribution in [1.29, 1.82) is 0 Å². The average Bonchev–Trinajstić information content (AvgIpc) is 2.95. The molecular formula is C19H23N3O5S. The lowest BCUT2D eigenvalue weighted by Gasteiger charge is -2.19. The number of benzene rings is 1. The molecule has 2 aromatic rings. The van der Waals surface area contributed by atoms with Crippen LogP contribution in [0.3, 0.4) is 0 Å². The van der Waals surface area contributed by atoms with E-state index in [0.717, 1.165) is 35.2 Å². The number of amides is 2. The second-order valence-electron chi connectivity index (χ2n) is 6.42. The normalized spacial score (nSPS) is 14.6. The number of carbonyl (C=O) groups excluding carboxylic acids is 3. The summed E-state index contributed by atoms with van der Waals surface area (Å²) in [6, 6.07) is 5.51. The third-order valence-corrected chi connectivity index (χ3v) is 5.21. The van der Waals surface area contributed by atoms with Gasteiger partial charge >= 0.3 is 5.97 Å². The lowest BCUT2D eigenvalue weighted by atomic mass is 10.2. The third-order valence-electron chi connectivity index (χ3n) is 4.27. The number of hydrogen-bond donors (Lipinski definition) is 1. The molecule has 1 aliphatic heterocycles. The number of fused-ring (bicyclic) bond motifs is 1. The second-order valence-corrected chi connectivity index (χ2v) is 7.45. The van der Waals surface area contributed by atoms with E-state index in [1.807, 2.05) is 25.1 Å². The average molecular weight is 405 g/mol. The van der Waals surface area contributed by atoms with Gasteiger partial charge in [-0.25, -0.2) is 4.98 Å². The summed E-state index contributed by atoms with van der Waals surface area (Å²) >= 11 is 1.31. The minimum Gasteiger partial charge on any atom is -0.494 e. The van der Waals surface area contributed by atoms with Crippen LogP contribution < -0.4 is 10.1 Å². The van der Waals surface area contributed by atoms with E-state index in [2.05, 4.69) is 10.3 Å². The van der Waals surface area contributed by atoms with Crippen LogP contribution in [0.15, 0.2) is 18.2 Å². The van der Waals surface area contributed by atoms with Gasteiger partial charge in [-0.1, -0.05) is 17.8 Å². The number of carbonyl (C=O) groups is 3. The van der Waals surface area contributed by atoms with Gasteiger partial charge in [-0.05, 0) is 38.0 Å². The third kappa shape index (κ3) is 5.41. The number of anilines is 1. The Kier molecular flexibility index (Phi) is 6.80. The van der Waals surface area contributed by atoms with Crippen LogP contribution in [0.1, 0.15) is 32.6 Å². The lowest BCUT2D eigenvalue weighted by molar-refractivity contribution is -0.151. The van der Waals surface area contributed by atoms with E-state index in [9.17, 15) is 14.4 Å². The van der Waals surface area contributed by atoms with Gasteiger partial charge in [0.15, 0.2) is 11.7 Å². The first-order valence-electron chi connectivity index (χ1n) is 9.32. The molecular weight excluding hydrogens is 382 g/mol. The zero-order valence-corrected chi connectivity index (χ0v) is 16.5. The molecule has 0 unspecified atom stereocenters. The summed E-state index contributed by atoms with van der Waals surface area (Å²) in [5, 5.41) is 3.05. The Labute approximate surface area is 166 Å². The Hall–Kier alpha value is -2.68. The van der Waals surface area contributed by atoms with Crippen LogP contribution in [-0.4, -0.2) is 54.0 Å². The Balaban J connectivity index is 1.49. The summed E-state index contributed by atoms with van der Waals surface area (Å²) in [4.78, 5) is 41.7. The van der Waals surface area contributed by atoms with Crippen molar-refractivity contribution >= 4 is 44.5 Å². The topological polar surface area (TPSA) is 97.8 Å². The maximum atomic E-state index is 12.0. The molecule has 0 bridgehead atoms. The van der Waals surface area contributed by atoms with Crippen LogP contribution in [0.25, 0.3) is 10.2 Å². The number of ether oxygens (including phenoxy) is 2. The van der Waals surface area contributed by atoms with Gasteiger partial charge in [-0.15, -0.1) is 0 Å². The van der Waals surface area contributed by atoms with Gasteiger partial charge in [-0.3, -0.25) is 19.7 Å². The van der Waals surface area contributed by atoms with Crippen LogP contribution >= 0.6 is 11.3 Å². The highest BCUT2D eigenvalue weighted by molar-refractivity contribution is 7.22. The molecule has 0 radical (unpaired) electrons. The fourth-order valence-electron chi connectivity index (χ4n) is 2.92. The number of likely N-dealkylation sites (tertiary alicyclic amines) is 1. The molecule has 0 aliphatic carbocycles. The van der Waals surface area contributed by atoms with Crippen LogP contribution in [0.2, 0.25) is 0 Å². The molecule has 3 rings (SSSR count). The van der Waals surface area contributed by atoms with Crippen molar-refractivity contribution in [2.24, 2.45) is 0 Å². The number of nitrogens with zero attached hydrogens (tertiary/aromatic N) is 2. The smallest absolute Gasteiger partial charge is 0.326 e. The summed E-state index contributed by atoms with van der Waals surface area (Å²) in [6.45, 7) is 2.50. The van der Waals surface area contributed by atoms with Crippen LogP contribution in [0.4, 0.5) is 5.13 Å². The first kappa shape index (κ1) is 20.1. The van der Waals surface area contributed by atoms with E-state index in [4.69, 9.17) is 9.47 Å². The van der Waals surface area contributed by atoms with Crippen molar-refractivity contribution in [2.45, 2.75) is 32.6 Å². The van der Waals surface area contributed by atoms with Crippen molar-refractivity contribution in [3.63, 3.8) is 0 Å². The highest BCUT2D eigenvalue weighted by atomic mass is 32.1. The minimum absolute atomic E-state index is 0.0419. The van der Waals surface area contributed by atoms with Gasteiger partial charge in [-0.2, -0.15) is 0 Å². The molecule has 2 amide bonds. The maximum Gasteiger partial charge on any atom is 0.326 e. The molecule has 1 saturated heterocycles. The summed E-state index contributed by atoms with van der Waals surface area (Å²) < 4.78 is 11.3. The number of rotatable bonds is 7.